The van der Waals surface area contributed by atoms with Crippen LogP contribution in [0.2, 0.25) is 0 Å². The fraction of sp³-hybridized carbons (Fsp3) is 0.364. The minimum atomic E-state index is 0.714. The molecule has 0 aliphatic carbocycles. The van der Waals surface area contributed by atoms with E-state index in [1.165, 1.54) is 5.56 Å². The maximum atomic E-state index is 5.35. The van der Waals surface area contributed by atoms with Crippen LogP contribution in [0.3, 0.4) is 0 Å². The molecule has 0 unspecified atom stereocenters. The molecule has 0 saturated heterocycles. The number of benzene rings is 1. The third kappa shape index (κ3) is 3.85. The highest BCUT2D eigenvalue weighted by atomic mass is 14.7. The normalized spacial score (nSPS) is 10.9. The summed E-state index contributed by atoms with van der Waals surface area (Å²) < 4.78 is 0. The van der Waals surface area contributed by atoms with E-state index in [0.29, 0.717) is 6.54 Å². The highest BCUT2D eigenvalue weighted by Crippen LogP contribution is 2.00. The fourth-order valence-electron chi connectivity index (χ4n) is 1.01. The van der Waals surface area contributed by atoms with Crippen LogP contribution in [0.4, 0.5) is 0 Å². The third-order valence-electron chi connectivity index (χ3n) is 1.81. The molecule has 2 N–H and O–H groups in total. The van der Waals surface area contributed by atoms with Crippen LogP contribution in [-0.4, -0.2) is 19.3 Å². The van der Waals surface area contributed by atoms with E-state index in [0.717, 1.165) is 18.5 Å². The number of hydrogen-bond donors (Lipinski definition) is 1. The topological polar surface area (TPSA) is 38.4 Å². The summed E-state index contributed by atoms with van der Waals surface area (Å²) in [5.74, 6) is 0. The molecule has 70 valence electrons. The van der Waals surface area contributed by atoms with Crippen molar-refractivity contribution in [2.24, 2.45) is 10.7 Å². The van der Waals surface area contributed by atoms with Crippen LogP contribution in [0.5, 0.6) is 0 Å². The van der Waals surface area contributed by atoms with Gasteiger partial charge in [0.2, 0.25) is 0 Å². The molecular formula is C11H16N2. The first kappa shape index (κ1) is 9.93. The number of aryl methyl sites for hydroxylation is 1. The van der Waals surface area contributed by atoms with E-state index in [1.807, 2.05) is 6.21 Å². The summed E-state index contributed by atoms with van der Waals surface area (Å²) in [6.07, 6.45) is 2.86. The van der Waals surface area contributed by atoms with Crippen molar-refractivity contribution in [3.63, 3.8) is 0 Å². The van der Waals surface area contributed by atoms with Gasteiger partial charge in [-0.2, -0.15) is 0 Å². The molecule has 1 rings (SSSR count). The fourth-order valence-corrected chi connectivity index (χ4v) is 1.01. The molecule has 0 saturated carbocycles. The van der Waals surface area contributed by atoms with E-state index in [9.17, 15) is 0 Å². The SMILES string of the molecule is Cc1ccc(C=NCCCN)cc1. The van der Waals surface area contributed by atoms with Crippen LogP contribution < -0.4 is 5.73 Å². The largest absolute Gasteiger partial charge is 0.330 e. The Bertz CT molecular complexity index is 262. The molecule has 0 spiro atoms. The molecule has 0 radical (unpaired) electrons. The maximum absolute atomic E-state index is 5.35. The number of aliphatic imine (C=N–C) groups is 1. The smallest absolute Gasteiger partial charge is 0.0401 e. The zero-order chi connectivity index (χ0) is 9.52. The number of rotatable bonds is 4. The summed E-state index contributed by atoms with van der Waals surface area (Å²) in [4.78, 5) is 4.26. The molecule has 0 aromatic heterocycles. The second kappa shape index (κ2) is 5.49. The summed E-state index contributed by atoms with van der Waals surface area (Å²) in [6.45, 7) is 3.62. The average molecular weight is 176 g/mol. The monoisotopic (exact) mass is 176 g/mol. The first-order valence-corrected chi connectivity index (χ1v) is 4.59. The Morgan fingerprint density at radius 1 is 1.31 bits per heavy atom. The van der Waals surface area contributed by atoms with Gasteiger partial charge in [-0.3, -0.25) is 4.99 Å². The van der Waals surface area contributed by atoms with Crippen LogP contribution in [0.25, 0.3) is 0 Å². The van der Waals surface area contributed by atoms with Crippen LogP contribution in [-0.2, 0) is 0 Å². The molecule has 13 heavy (non-hydrogen) atoms. The van der Waals surface area contributed by atoms with Crippen molar-refractivity contribution in [3.05, 3.63) is 35.4 Å². The van der Waals surface area contributed by atoms with Gasteiger partial charge in [0, 0.05) is 12.8 Å². The lowest BCUT2D eigenvalue weighted by molar-refractivity contribution is 0.847. The third-order valence-corrected chi connectivity index (χ3v) is 1.81. The predicted octanol–water partition coefficient (Wildman–Crippen LogP) is 1.76. The lowest BCUT2D eigenvalue weighted by Crippen LogP contribution is -2.00. The van der Waals surface area contributed by atoms with Gasteiger partial charge in [-0.15, -0.1) is 0 Å². The molecule has 2 heteroatoms. The van der Waals surface area contributed by atoms with E-state index >= 15 is 0 Å². The Morgan fingerprint density at radius 3 is 2.62 bits per heavy atom. The summed E-state index contributed by atoms with van der Waals surface area (Å²) in [7, 11) is 0. The summed E-state index contributed by atoms with van der Waals surface area (Å²) in [6, 6.07) is 8.32. The molecule has 0 amide bonds. The second-order valence-corrected chi connectivity index (χ2v) is 3.09. The molecule has 1 aromatic carbocycles. The van der Waals surface area contributed by atoms with Gasteiger partial charge in [0.15, 0.2) is 0 Å². The lowest BCUT2D eigenvalue weighted by atomic mass is 10.2. The summed E-state index contributed by atoms with van der Waals surface area (Å²) in [5, 5.41) is 0. The van der Waals surface area contributed by atoms with Gasteiger partial charge in [-0.1, -0.05) is 29.8 Å². The van der Waals surface area contributed by atoms with Crippen molar-refractivity contribution in [1.82, 2.24) is 0 Å². The zero-order valence-electron chi connectivity index (χ0n) is 8.03. The maximum Gasteiger partial charge on any atom is 0.0401 e. The summed E-state index contributed by atoms with van der Waals surface area (Å²) in [5.41, 5.74) is 7.79. The van der Waals surface area contributed by atoms with Gasteiger partial charge in [0.1, 0.15) is 0 Å². The molecule has 0 heterocycles. The van der Waals surface area contributed by atoms with E-state index in [-0.39, 0.29) is 0 Å². The quantitative estimate of drug-likeness (QED) is 0.551. The highest BCUT2D eigenvalue weighted by molar-refractivity contribution is 5.79. The van der Waals surface area contributed by atoms with Gasteiger partial charge in [-0.05, 0) is 25.5 Å². The number of nitrogens with zero attached hydrogens (tertiary/aromatic N) is 1. The van der Waals surface area contributed by atoms with Crippen molar-refractivity contribution >= 4 is 6.21 Å². The van der Waals surface area contributed by atoms with Gasteiger partial charge in [0.05, 0.1) is 0 Å². The van der Waals surface area contributed by atoms with Gasteiger partial charge in [-0.25, -0.2) is 0 Å². The van der Waals surface area contributed by atoms with Crippen molar-refractivity contribution in [1.29, 1.82) is 0 Å². The Kier molecular flexibility index (Phi) is 4.19. The van der Waals surface area contributed by atoms with E-state index in [4.69, 9.17) is 5.73 Å². The number of hydrogen-bond acceptors (Lipinski definition) is 2. The first-order chi connectivity index (χ1) is 6.33. The van der Waals surface area contributed by atoms with Gasteiger partial charge < -0.3 is 5.73 Å². The van der Waals surface area contributed by atoms with E-state index < -0.39 is 0 Å². The zero-order valence-corrected chi connectivity index (χ0v) is 8.03. The molecule has 0 aliphatic rings. The van der Waals surface area contributed by atoms with Crippen molar-refractivity contribution in [2.45, 2.75) is 13.3 Å². The lowest BCUT2D eigenvalue weighted by Gasteiger charge is -1.94. The van der Waals surface area contributed by atoms with E-state index in [1.54, 1.807) is 0 Å². The second-order valence-electron chi connectivity index (χ2n) is 3.09. The minimum absolute atomic E-state index is 0.714. The molecule has 1 aromatic rings. The Balaban J connectivity index is 2.44. The Labute approximate surface area is 79.5 Å². The van der Waals surface area contributed by atoms with E-state index in [2.05, 4.69) is 36.2 Å². The molecule has 0 fully saturated rings. The summed E-state index contributed by atoms with van der Waals surface area (Å²) >= 11 is 0. The number of nitrogens with two attached hydrogens (primary N) is 1. The molecule has 2 nitrogen and oxygen atoms in total. The highest BCUT2D eigenvalue weighted by Gasteiger charge is 1.86. The van der Waals surface area contributed by atoms with Crippen LogP contribution in [0.1, 0.15) is 17.5 Å². The van der Waals surface area contributed by atoms with Crippen molar-refractivity contribution in [3.8, 4) is 0 Å². The first-order valence-electron chi connectivity index (χ1n) is 4.59. The minimum Gasteiger partial charge on any atom is -0.330 e. The van der Waals surface area contributed by atoms with Crippen LogP contribution >= 0.6 is 0 Å². The Hall–Kier alpha value is -1.15. The molecule has 0 atom stereocenters. The van der Waals surface area contributed by atoms with Crippen LogP contribution in [0, 0.1) is 6.92 Å². The van der Waals surface area contributed by atoms with Gasteiger partial charge >= 0.3 is 0 Å². The molecule has 0 aliphatic heterocycles. The average Bonchev–Trinajstić information content (AvgIpc) is 2.15. The molecule has 0 bridgehead atoms. The van der Waals surface area contributed by atoms with Gasteiger partial charge in [0.25, 0.3) is 0 Å². The van der Waals surface area contributed by atoms with Crippen molar-refractivity contribution < 1.29 is 0 Å². The molecular weight excluding hydrogens is 160 g/mol. The Morgan fingerprint density at radius 2 is 2.00 bits per heavy atom. The standard InChI is InChI=1S/C11H16N2/c1-10-3-5-11(6-4-10)9-13-8-2-7-12/h3-6,9H,2,7-8,12H2,1H3. The van der Waals surface area contributed by atoms with Crippen molar-refractivity contribution in [2.75, 3.05) is 13.1 Å². The predicted molar refractivity (Wildman–Crippen MR) is 57.3 cm³/mol. The van der Waals surface area contributed by atoms with Crippen LogP contribution in [0.15, 0.2) is 29.3 Å².